The van der Waals surface area contributed by atoms with Crippen molar-refractivity contribution in [3.8, 4) is 0 Å². The number of rotatable bonds is 9. The standard InChI is InChI=1S/C14H25N3OS/c1-3-5-7-17(9-13(16)18)14(12(15)4-2)11-6-8-19-10-11/h6,8,10,12,14H,3-5,7,9,15H2,1-2H3,(H2,16,18). The molecule has 0 fully saturated rings. The summed E-state index contributed by atoms with van der Waals surface area (Å²) in [4.78, 5) is 13.4. The fraction of sp³-hybridized carbons (Fsp3) is 0.643. The van der Waals surface area contributed by atoms with Crippen molar-refractivity contribution in [3.63, 3.8) is 0 Å². The van der Waals surface area contributed by atoms with Crippen LogP contribution in [-0.4, -0.2) is 29.9 Å². The van der Waals surface area contributed by atoms with Gasteiger partial charge < -0.3 is 11.5 Å². The molecule has 0 aliphatic heterocycles. The zero-order valence-corrected chi connectivity index (χ0v) is 12.7. The van der Waals surface area contributed by atoms with Crippen molar-refractivity contribution in [1.29, 1.82) is 0 Å². The van der Waals surface area contributed by atoms with E-state index in [1.54, 1.807) is 11.3 Å². The maximum atomic E-state index is 11.3. The Morgan fingerprint density at radius 2 is 2.21 bits per heavy atom. The van der Waals surface area contributed by atoms with E-state index in [-0.39, 0.29) is 24.5 Å². The highest BCUT2D eigenvalue weighted by Crippen LogP contribution is 2.27. The van der Waals surface area contributed by atoms with Gasteiger partial charge >= 0.3 is 0 Å². The third-order valence-corrected chi connectivity index (χ3v) is 4.01. The van der Waals surface area contributed by atoms with E-state index in [0.717, 1.165) is 25.8 Å². The van der Waals surface area contributed by atoms with Crippen LogP contribution in [0, 0.1) is 0 Å². The van der Waals surface area contributed by atoms with Crippen molar-refractivity contribution in [2.75, 3.05) is 13.1 Å². The minimum absolute atomic E-state index is 0.0193. The van der Waals surface area contributed by atoms with Gasteiger partial charge in [0.05, 0.1) is 12.6 Å². The van der Waals surface area contributed by atoms with Crippen molar-refractivity contribution in [2.45, 2.75) is 45.2 Å². The Bertz CT molecular complexity index is 367. The van der Waals surface area contributed by atoms with Crippen LogP contribution in [0.2, 0.25) is 0 Å². The number of carbonyl (C=O) groups excluding carboxylic acids is 1. The number of unbranched alkanes of at least 4 members (excludes halogenated alkanes) is 1. The van der Waals surface area contributed by atoms with E-state index in [2.05, 4.69) is 30.2 Å². The van der Waals surface area contributed by atoms with Crippen LogP contribution in [0.3, 0.4) is 0 Å². The van der Waals surface area contributed by atoms with Crippen molar-refractivity contribution < 1.29 is 4.79 Å². The van der Waals surface area contributed by atoms with Gasteiger partial charge in [-0.2, -0.15) is 11.3 Å². The molecule has 4 N–H and O–H groups in total. The maximum absolute atomic E-state index is 11.3. The van der Waals surface area contributed by atoms with Crippen LogP contribution < -0.4 is 11.5 Å². The van der Waals surface area contributed by atoms with Crippen LogP contribution in [0.25, 0.3) is 0 Å². The van der Waals surface area contributed by atoms with E-state index in [0.29, 0.717) is 0 Å². The van der Waals surface area contributed by atoms with Gasteiger partial charge in [-0.05, 0) is 41.8 Å². The number of amides is 1. The summed E-state index contributed by atoms with van der Waals surface area (Å²) >= 11 is 1.66. The largest absolute Gasteiger partial charge is 0.369 e. The molecule has 0 spiro atoms. The molecule has 0 saturated heterocycles. The van der Waals surface area contributed by atoms with Gasteiger partial charge in [-0.25, -0.2) is 0 Å². The summed E-state index contributed by atoms with van der Waals surface area (Å²) in [5.41, 5.74) is 12.8. The third-order valence-electron chi connectivity index (χ3n) is 3.31. The molecule has 2 unspecified atom stereocenters. The van der Waals surface area contributed by atoms with Crippen LogP contribution >= 0.6 is 11.3 Å². The molecule has 2 atom stereocenters. The summed E-state index contributed by atoms with van der Waals surface area (Å²) in [6.45, 7) is 5.34. The van der Waals surface area contributed by atoms with Gasteiger partial charge in [0.1, 0.15) is 0 Å². The molecule has 108 valence electrons. The van der Waals surface area contributed by atoms with Gasteiger partial charge in [0.15, 0.2) is 0 Å². The Hall–Kier alpha value is -0.910. The van der Waals surface area contributed by atoms with E-state index in [9.17, 15) is 4.79 Å². The monoisotopic (exact) mass is 283 g/mol. The molecule has 0 radical (unpaired) electrons. The van der Waals surface area contributed by atoms with Crippen molar-refractivity contribution in [2.24, 2.45) is 11.5 Å². The topological polar surface area (TPSA) is 72.3 Å². The van der Waals surface area contributed by atoms with E-state index in [1.807, 2.05) is 5.38 Å². The molecule has 0 aromatic carbocycles. The lowest BCUT2D eigenvalue weighted by Crippen LogP contribution is -2.44. The molecule has 1 aromatic heterocycles. The van der Waals surface area contributed by atoms with E-state index < -0.39 is 0 Å². The molecule has 4 nitrogen and oxygen atoms in total. The van der Waals surface area contributed by atoms with Crippen LogP contribution in [0.1, 0.15) is 44.7 Å². The molecule has 5 heteroatoms. The normalized spacial score (nSPS) is 14.5. The number of hydrogen-bond donors (Lipinski definition) is 2. The first kappa shape index (κ1) is 16.1. The minimum atomic E-state index is -0.292. The molecule has 1 amide bonds. The average molecular weight is 283 g/mol. The third kappa shape index (κ3) is 4.93. The average Bonchev–Trinajstić information content (AvgIpc) is 2.88. The van der Waals surface area contributed by atoms with Gasteiger partial charge in [-0.1, -0.05) is 20.3 Å². The zero-order valence-electron chi connectivity index (χ0n) is 11.8. The molecule has 1 heterocycles. The minimum Gasteiger partial charge on any atom is -0.369 e. The summed E-state index contributed by atoms with van der Waals surface area (Å²) in [5, 5.41) is 4.16. The lowest BCUT2D eigenvalue weighted by Gasteiger charge is -2.34. The van der Waals surface area contributed by atoms with Gasteiger partial charge in [-0.3, -0.25) is 9.69 Å². The van der Waals surface area contributed by atoms with Gasteiger partial charge in [-0.15, -0.1) is 0 Å². The fourth-order valence-corrected chi connectivity index (χ4v) is 2.96. The van der Waals surface area contributed by atoms with Crippen LogP contribution in [0.4, 0.5) is 0 Å². The van der Waals surface area contributed by atoms with Crippen LogP contribution in [0.15, 0.2) is 16.8 Å². The van der Waals surface area contributed by atoms with Gasteiger partial charge in [0, 0.05) is 6.04 Å². The SMILES string of the molecule is CCCCN(CC(N)=O)C(c1ccsc1)C(N)CC. The first-order chi connectivity index (χ1) is 9.10. The predicted molar refractivity (Wildman–Crippen MR) is 81.0 cm³/mol. The molecule has 1 aromatic rings. The second-order valence-corrected chi connectivity index (χ2v) is 5.64. The first-order valence-corrected chi connectivity index (χ1v) is 7.84. The molecule has 0 aliphatic carbocycles. The van der Waals surface area contributed by atoms with Crippen LogP contribution in [-0.2, 0) is 4.79 Å². The van der Waals surface area contributed by atoms with Crippen LogP contribution in [0.5, 0.6) is 0 Å². The zero-order chi connectivity index (χ0) is 14.3. The predicted octanol–water partition coefficient (Wildman–Crippen LogP) is 2.11. The first-order valence-electron chi connectivity index (χ1n) is 6.90. The smallest absolute Gasteiger partial charge is 0.231 e. The molecule has 0 saturated carbocycles. The highest BCUT2D eigenvalue weighted by Gasteiger charge is 2.26. The number of carbonyl (C=O) groups is 1. The summed E-state index contributed by atoms with van der Waals surface area (Å²) in [6.07, 6.45) is 3.01. The Kier molecular flexibility index (Phi) is 7.05. The molecular weight excluding hydrogens is 258 g/mol. The van der Waals surface area contributed by atoms with Crippen molar-refractivity contribution in [3.05, 3.63) is 22.4 Å². The Morgan fingerprint density at radius 1 is 1.47 bits per heavy atom. The number of nitrogens with two attached hydrogens (primary N) is 2. The highest BCUT2D eigenvalue weighted by molar-refractivity contribution is 7.07. The lowest BCUT2D eigenvalue weighted by molar-refractivity contribution is -0.119. The second kappa shape index (κ2) is 8.30. The van der Waals surface area contributed by atoms with Gasteiger partial charge in [0.25, 0.3) is 0 Å². The summed E-state index contributed by atoms with van der Waals surface area (Å²) < 4.78 is 0. The van der Waals surface area contributed by atoms with Crippen molar-refractivity contribution in [1.82, 2.24) is 4.90 Å². The van der Waals surface area contributed by atoms with E-state index in [4.69, 9.17) is 11.5 Å². The number of thiophene rings is 1. The summed E-state index contributed by atoms with van der Waals surface area (Å²) in [6, 6.07) is 2.19. The summed E-state index contributed by atoms with van der Waals surface area (Å²) in [5.74, 6) is -0.292. The molecular formula is C14H25N3OS. The maximum Gasteiger partial charge on any atom is 0.231 e. The Balaban J connectivity index is 2.92. The highest BCUT2D eigenvalue weighted by atomic mass is 32.1. The van der Waals surface area contributed by atoms with Gasteiger partial charge in [0.2, 0.25) is 5.91 Å². The second-order valence-electron chi connectivity index (χ2n) is 4.86. The summed E-state index contributed by atoms with van der Waals surface area (Å²) in [7, 11) is 0. The number of primary amides is 1. The molecule has 1 rings (SSSR count). The van der Waals surface area contributed by atoms with Crippen molar-refractivity contribution >= 4 is 17.2 Å². The quantitative estimate of drug-likeness (QED) is 0.729. The number of hydrogen-bond acceptors (Lipinski definition) is 4. The molecule has 0 bridgehead atoms. The fourth-order valence-electron chi connectivity index (χ4n) is 2.27. The number of nitrogens with zero attached hydrogens (tertiary/aromatic N) is 1. The molecule has 19 heavy (non-hydrogen) atoms. The van der Waals surface area contributed by atoms with E-state index in [1.165, 1.54) is 5.56 Å². The molecule has 0 aliphatic rings. The van der Waals surface area contributed by atoms with E-state index >= 15 is 0 Å². The Labute approximate surface area is 119 Å². The lowest BCUT2D eigenvalue weighted by atomic mass is 9.98. The Morgan fingerprint density at radius 3 is 2.68 bits per heavy atom.